The van der Waals surface area contributed by atoms with Gasteiger partial charge in [0, 0.05) is 33.4 Å². The van der Waals surface area contributed by atoms with Crippen molar-refractivity contribution in [2.75, 3.05) is 45.2 Å². The fourth-order valence-corrected chi connectivity index (χ4v) is 5.59. The number of carbonyl (C=O) groups excluding carboxylic acids is 1. The predicted octanol–water partition coefficient (Wildman–Crippen LogP) is 2.95. The van der Waals surface area contributed by atoms with Crippen LogP contribution in [-0.4, -0.2) is 60.5 Å². The Morgan fingerprint density at radius 3 is 2.74 bits per heavy atom. The molecule has 1 aliphatic heterocycles. The van der Waals surface area contributed by atoms with E-state index >= 15 is 0 Å². The molecule has 0 saturated carbocycles. The Bertz CT molecular complexity index is 1350. The van der Waals surface area contributed by atoms with E-state index in [1.54, 1.807) is 6.20 Å². The summed E-state index contributed by atoms with van der Waals surface area (Å²) in [6.45, 7) is 3.49. The molecule has 7 nitrogen and oxygen atoms in total. The molecule has 0 unspecified atom stereocenters. The molecule has 4 heterocycles. The molecule has 1 amide bonds. The lowest BCUT2D eigenvalue weighted by atomic mass is 10.1. The number of fused-ring (bicyclic) bond motifs is 5. The van der Waals surface area contributed by atoms with Gasteiger partial charge in [0.1, 0.15) is 10.4 Å². The van der Waals surface area contributed by atoms with Crippen LogP contribution in [-0.2, 0) is 0 Å². The highest BCUT2D eigenvalue weighted by Gasteiger charge is 2.24. The largest absolute Gasteiger partial charge is 0.377 e. The molecule has 0 atom stereocenters. The van der Waals surface area contributed by atoms with Crippen molar-refractivity contribution in [3.63, 3.8) is 0 Å². The topological polar surface area (TPSA) is 70.0 Å². The lowest BCUT2D eigenvalue weighted by Gasteiger charge is -2.17. The summed E-state index contributed by atoms with van der Waals surface area (Å²) in [5.74, 6) is -0.316. The molecule has 4 aromatic rings. The number of carbonyl (C=O) groups is 1. The van der Waals surface area contributed by atoms with Crippen LogP contribution in [0.2, 0.25) is 0 Å². The van der Waals surface area contributed by atoms with Crippen LogP contribution in [0, 0.1) is 0 Å². The minimum atomic E-state index is -0.316. The van der Waals surface area contributed by atoms with E-state index in [1.165, 1.54) is 24.2 Å². The SMILES string of the molecule is CN(C)c1ccnc2c1c(=O)c(C(=O)NCCN1CCCC1)c1sc3ccccc3n12. The standard InChI is InChI=1S/C23H25N5O2S/c1-26(2)16-9-10-24-21-18(16)20(29)19(22(30)25-11-14-27-12-5-6-13-27)23-28(21)15-7-3-4-8-17(15)31-23/h3-4,7-10H,5-6,11-14H2,1-2H3,(H,25,30). The Morgan fingerprint density at radius 1 is 1.19 bits per heavy atom. The highest BCUT2D eigenvalue weighted by molar-refractivity contribution is 7.24. The molecule has 31 heavy (non-hydrogen) atoms. The van der Waals surface area contributed by atoms with Gasteiger partial charge in [0.2, 0.25) is 5.43 Å². The van der Waals surface area contributed by atoms with Gasteiger partial charge in [-0.05, 0) is 44.1 Å². The lowest BCUT2D eigenvalue weighted by Crippen LogP contribution is -2.36. The van der Waals surface area contributed by atoms with E-state index in [2.05, 4.69) is 15.2 Å². The fraction of sp³-hybridized carbons (Fsp3) is 0.348. The zero-order chi connectivity index (χ0) is 21.5. The lowest BCUT2D eigenvalue weighted by molar-refractivity contribution is 0.0950. The van der Waals surface area contributed by atoms with Crippen LogP contribution >= 0.6 is 11.3 Å². The van der Waals surface area contributed by atoms with E-state index in [-0.39, 0.29) is 16.9 Å². The maximum Gasteiger partial charge on any atom is 0.258 e. The van der Waals surface area contributed by atoms with Gasteiger partial charge in [-0.25, -0.2) is 4.98 Å². The van der Waals surface area contributed by atoms with Gasteiger partial charge in [0.05, 0.1) is 21.3 Å². The summed E-state index contributed by atoms with van der Waals surface area (Å²) in [7, 11) is 3.79. The molecule has 1 aliphatic rings. The van der Waals surface area contributed by atoms with Gasteiger partial charge in [-0.3, -0.25) is 14.0 Å². The molecule has 1 saturated heterocycles. The molecule has 160 valence electrons. The molecule has 0 spiro atoms. The first-order valence-electron chi connectivity index (χ1n) is 10.6. The molecule has 1 aromatic carbocycles. The normalized spacial score (nSPS) is 14.6. The summed E-state index contributed by atoms with van der Waals surface area (Å²) in [5.41, 5.74) is 2.22. The molecular weight excluding hydrogens is 410 g/mol. The van der Waals surface area contributed by atoms with Gasteiger partial charge in [0.25, 0.3) is 5.91 Å². The average molecular weight is 436 g/mol. The Hall–Kier alpha value is -2.97. The number of amides is 1. The van der Waals surface area contributed by atoms with E-state index in [0.29, 0.717) is 22.4 Å². The third kappa shape index (κ3) is 3.36. The average Bonchev–Trinajstić information content (AvgIpc) is 3.41. The minimum absolute atomic E-state index is 0.200. The molecule has 0 radical (unpaired) electrons. The van der Waals surface area contributed by atoms with Gasteiger partial charge in [-0.15, -0.1) is 11.3 Å². The molecule has 5 rings (SSSR count). The molecule has 1 fully saturated rings. The first-order valence-corrected chi connectivity index (χ1v) is 11.4. The van der Waals surface area contributed by atoms with Crippen LogP contribution in [0.5, 0.6) is 0 Å². The van der Waals surface area contributed by atoms with E-state index < -0.39 is 0 Å². The molecule has 0 aliphatic carbocycles. The van der Waals surface area contributed by atoms with Crippen molar-refractivity contribution < 1.29 is 4.79 Å². The number of nitrogens with zero attached hydrogens (tertiary/aromatic N) is 4. The number of hydrogen-bond acceptors (Lipinski definition) is 6. The van der Waals surface area contributed by atoms with Crippen LogP contribution in [0.25, 0.3) is 26.1 Å². The van der Waals surface area contributed by atoms with Crippen molar-refractivity contribution in [2.45, 2.75) is 12.8 Å². The molecule has 0 bridgehead atoms. The monoisotopic (exact) mass is 435 g/mol. The first kappa shape index (κ1) is 20.0. The number of para-hydroxylation sites is 1. The van der Waals surface area contributed by atoms with E-state index in [0.717, 1.165) is 35.5 Å². The van der Waals surface area contributed by atoms with Crippen LogP contribution in [0.4, 0.5) is 5.69 Å². The second kappa shape index (κ2) is 7.94. The van der Waals surface area contributed by atoms with Crippen LogP contribution < -0.4 is 15.6 Å². The summed E-state index contributed by atoms with van der Waals surface area (Å²) < 4.78 is 2.97. The van der Waals surface area contributed by atoms with E-state index in [4.69, 9.17) is 0 Å². The van der Waals surface area contributed by atoms with Gasteiger partial charge in [-0.2, -0.15) is 0 Å². The number of nitrogens with one attached hydrogen (secondary N) is 1. The van der Waals surface area contributed by atoms with Crippen LogP contribution in [0.3, 0.4) is 0 Å². The van der Waals surface area contributed by atoms with Crippen molar-refractivity contribution in [1.29, 1.82) is 0 Å². The Kier molecular flexibility index (Phi) is 5.11. The maximum absolute atomic E-state index is 13.7. The van der Waals surface area contributed by atoms with Crippen molar-refractivity contribution in [3.05, 3.63) is 52.3 Å². The number of rotatable bonds is 5. The summed E-state index contributed by atoms with van der Waals surface area (Å²) >= 11 is 1.46. The molecule has 8 heteroatoms. The summed E-state index contributed by atoms with van der Waals surface area (Å²) in [6.07, 6.45) is 4.14. The molecular formula is C23H25N5O2S. The van der Waals surface area contributed by atoms with E-state index in [1.807, 2.05) is 53.7 Å². The fourth-order valence-electron chi connectivity index (χ4n) is 4.41. The van der Waals surface area contributed by atoms with Gasteiger partial charge < -0.3 is 15.1 Å². The third-order valence-corrected chi connectivity index (χ3v) is 7.07. The Balaban J connectivity index is 1.70. The van der Waals surface area contributed by atoms with Crippen molar-refractivity contribution >= 4 is 49.0 Å². The number of thiazole rings is 1. The number of hydrogen-bond donors (Lipinski definition) is 1. The Morgan fingerprint density at radius 2 is 1.97 bits per heavy atom. The van der Waals surface area contributed by atoms with Crippen LogP contribution in [0.15, 0.2) is 41.3 Å². The van der Waals surface area contributed by atoms with E-state index in [9.17, 15) is 9.59 Å². The van der Waals surface area contributed by atoms with Gasteiger partial charge >= 0.3 is 0 Å². The predicted molar refractivity (Wildman–Crippen MR) is 127 cm³/mol. The first-order chi connectivity index (χ1) is 15.1. The number of anilines is 1. The smallest absolute Gasteiger partial charge is 0.258 e. The zero-order valence-electron chi connectivity index (χ0n) is 17.7. The number of pyridine rings is 2. The summed E-state index contributed by atoms with van der Waals surface area (Å²) in [5, 5.41) is 3.47. The highest BCUT2D eigenvalue weighted by atomic mass is 32.1. The second-order valence-electron chi connectivity index (χ2n) is 8.14. The number of aromatic nitrogens is 2. The van der Waals surface area contributed by atoms with Gasteiger partial charge in [0.15, 0.2) is 5.65 Å². The van der Waals surface area contributed by atoms with Crippen molar-refractivity contribution in [2.24, 2.45) is 0 Å². The highest BCUT2D eigenvalue weighted by Crippen LogP contribution is 2.32. The summed E-state index contributed by atoms with van der Waals surface area (Å²) in [4.78, 5) is 36.4. The van der Waals surface area contributed by atoms with Crippen molar-refractivity contribution in [3.8, 4) is 0 Å². The quantitative estimate of drug-likeness (QED) is 0.522. The molecule has 1 N–H and O–H groups in total. The van der Waals surface area contributed by atoms with Gasteiger partial charge in [-0.1, -0.05) is 12.1 Å². The number of benzene rings is 1. The number of likely N-dealkylation sites (tertiary alicyclic amines) is 1. The minimum Gasteiger partial charge on any atom is -0.377 e. The second-order valence-corrected chi connectivity index (χ2v) is 9.17. The maximum atomic E-state index is 13.7. The van der Waals surface area contributed by atoms with Crippen LogP contribution in [0.1, 0.15) is 23.2 Å². The zero-order valence-corrected chi connectivity index (χ0v) is 18.5. The Labute approximate surface area is 183 Å². The van der Waals surface area contributed by atoms with Crippen molar-refractivity contribution in [1.82, 2.24) is 19.6 Å². The third-order valence-electron chi connectivity index (χ3n) is 5.93. The summed E-state index contributed by atoms with van der Waals surface area (Å²) in [6, 6.07) is 9.76. The molecule has 3 aromatic heterocycles.